The Labute approximate surface area is 78.9 Å². The molecule has 2 aliphatic rings. The standard InChI is InChI=1S/C9H18N2O2/c1-7-6-13-9(5-12)4-11(7)8-2-10-3-8/h7-10,12H,2-6H2,1H3. The average Bonchev–Trinajstić information content (AvgIpc) is 2.06. The Morgan fingerprint density at radius 3 is 2.85 bits per heavy atom. The lowest BCUT2D eigenvalue weighted by molar-refractivity contribution is -0.0967. The van der Waals surface area contributed by atoms with Crippen molar-refractivity contribution in [3.05, 3.63) is 0 Å². The number of nitrogens with zero attached hydrogens (tertiary/aromatic N) is 1. The summed E-state index contributed by atoms with van der Waals surface area (Å²) in [6.45, 7) is 6.13. The Bertz CT molecular complexity index is 171. The van der Waals surface area contributed by atoms with E-state index in [9.17, 15) is 0 Å². The van der Waals surface area contributed by atoms with Crippen LogP contribution in [0.2, 0.25) is 0 Å². The first-order valence-corrected chi connectivity index (χ1v) is 5.00. The largest absolute Gasteiger partial charge is 0.394 e. The summed E-state index contributed by atoms with van der Waals surface area (Å²) < 4.78 is 5.48. The molecule has 2 N–H and O–H groups in total. The first kappa shape index (κ1) is 9.40. The smallest absolute Gasteiger partial charge is 0.0933 e. The predicted octanol–water partition coefficient (Wildman–Crippen LogP) is -0.960. The average molecular weight is 186 g/mol. The molecule has 0 saturated carbocycles. The zero-order valence-corrected chi connectivity index (χ0v) is 8.07. The third-order valence-corrected chi connectivity index (χ3v) is 2.99. The lowest BCUT2D eigenvalue weighted by Crippen LogP contribution is -2.64. The molecule has 4 heteroatoms. The summed E-state index contributed by atoms with van der Waals surface area (Å²) >= 11 is 0. The van der Waals surface area contributed by atoms with Crippen molar-refractivity contribution < 1.29 is 9.84 Å². The summed E-state index contributed by atoms with van der Waals surface area (Å²) in [5.41, 5.74) is 0. The van der Waals surface area contributed by atoms with Crippen molar-refractivity contribution in [3.8, 4) is 0 Å². The summed E-state index contributed by atoms with van der Waals surface area (Å²) in [5, 5.41) is 12.3. The minimum absolute atomic E-state index is 0.0248. The second-order valence-electron chi connectivity index (χ2n) is 4.00. The lowest BCUT2D eigenvalue weighted by atomic mass is 10.1. The number of rotatable bonds is 2. The van der Waals surface area contributed by atoms with Crippen molar-refractivity contribution in [2.45, 2.75) is 25.1 Å². The second-order valence-corrected chi connectivity index (χ2v) is 4.00. The number of hydrogen-bond donors (Lipinski definition) is 2. The van der Waals surface area contributed by atoms with Gasteiger partial charge in [-0.15, -0.1) is 0 Å². The SMILES string of the molecule is CC1COC(CO)CN1C1CNC1. The molecule has 2 atom stereocenters. The highest BCUT2D eigenvalue weighted by molar-refractivity contribution is 4.90. The quantitative estimate of drug-likeness (QED) is 0.583. The fourth-order valence-electron chi connectivity index (χ4n) is 1.97. The lowest BCUT2D eigenvalue weighted by Gasteiger charge is -2.46. The Morgan fingerprint density at radius 2 is 2.31 bits per heavy atom. The van der Waals surface area contributed by atoms with E-state index in [-0.39, 0.29) is 12.7 Å². The highest BCUT2D eigenvalue weighted by Gasteiger charge is 2.33. The van der Waals surface area contributed by atoms with Crippen LogP contribution >= 0.6 is 0 Å². The second kappa shape index (κ2) is 3.92. The van der Waals surface area contributed by atoms with Gasteiger partial charge >= 0.3 is 0 Å². The number of nitrogens with one attached hydrogen (secondary N) is 1. The van der Waals surface area contributed by atoms with Gasteiger partial charge in [0.25, 0.3) is 0 Å². The van der Waals surface area contributed by atoms with Crippen LogP contribution in [0, 0.1) is 0 Å². The summed E-state index contributed by atoms with van der Waals surface area (Å²) in [6, 6.07) is 1.16. The first-order chi connectivity index (χ1) is 6.31. The molecule has 0 amide bonds. The molecule has 2 saturated heterocycles. The number of ether oxygens (including phenoxy) is 1. The molecule has 2 fully saturated rings. The van der Waals surface area contributed by atoms with Gasteiger partial charge in [0.15, 0.2) is 0 Å². The van der Waals surface area contributed by atoms with E-state index in [0.717, 1.165) is 26.2 Å². The van der Waals surface area contributed by atoms with Gasteiger partial charge in [0.2, 0.25) is 0 Å². The van der Waals surface area contributed by atoms with Crippen molar-refractivity contribution in [1.82, 2.24) is 10.2 Å². The minimum Gasteiger partial charge on any atom is -0.394 e. The van der Waals surface area contributed by atoms with Crippen LogP contribution in [0.5, 0.6) is 0 Å². The fourth-order valence-corrected chi connectivity index (χ4v) is 1.97. The van der Waals surface area contributed by atoms with Crippen LogP contribution in [0.1, 0.15) is 6.92 Å². The third-order valence-electron chi connectivity index (χ3n) is 2.99. The van der Waals surface area contributed by atoms with Crippen LogP contribution in [-0.4, -0.2) is 61.0 Å². The van der Waals surface area contributed by atoms with Crippen LogP contribution in [0.4, 0.5) is 0 Å². The molecule has 0 aliphatic carbocycles. The normalized spacial score (nSPS) is 37.4. The molecular weight excluding hydrogens is 168 g/mol. The molecule has 4 nitrogen and oxygen atoms in total. The van der Waals surface area contributed by atoms with E-state index >= 15 is 0 Å². The van der Waals surface area contributed by atoms with Gasteiger partial charge in [-0.2, -0.15) is 0 Å². The van der Waals surface area contributed by atoms with Crippen molar-refractivity contribution in [3.63, 3.8) is 0 Å². The van der Waals surface area contributed by atoms with Crippen LogP contribution in [0.25, 0.3) is 0 Å². The summed E-state index contributed by atoms with van der Waals surface area (Å²) in [6.07, 6.45) is 0.0248. The molecule has 76 valence electrons. The molecule has 0 radical (unpaired) electrons. The molecule has 13 heavy (non-hydrogen) atoms. The van der Waals surface area contributed by atoms with E-state index in [1.165, 1.54) is 0 Å². The number of aliphatic hydroxyl groups excluding tert-OH is 1. The Hall–Kier alpha value is -0.160. The van der Waals surface area contributed by atoms with Gasteiger partial charge in [-0.1, -0.05) is 0 Å². The van der Waals surface area contributed by atoms with Crippen LogP contribution in [0.3, 0.4) is 0 Å². The number of hydrogen-bond acceptors (Lipinski definition) is 4. The van der Waals surface area contributed by atoms with Crippen molar-refractivity contribution in [1.29, 1.82) is 0 Å². The molecule has 0 aromatic carbocycles. The van der Waals surface area contributed by atoms with Crippen LogP contribution in [0.15, 0.2) is 0 Å². The number of aliphatic hydroxyl groups is 1. The number of morpholine rings is 1. The molecule has 2 rings (SSSR count). The van der Waals surface area contributed by atoms with Crippen LogP contribution in [-0.2, 0) is 4.74 Å². The highest BCUT2D eigenvalue weighted by Crippen LogP contribution is 2.16. The Morgan fingerprint density at radius 1 is 1.54 bits per heavy atom. The van der Waals surface area contributed by atoms with E-state index in [4.69, 9.17) is 9.84 Å². The summed E-state index contributed by atoms with van der Waals surface area (Å²) in [7, 11) is 0. The summed E-state index contributed by atoms with van der Waals surface area (Å²) in [5.74, 6) is 0. The monoisotopic (exact) mass is 186 g/mol. The van der Waals surface area contributed by atoms with Crippen molar-refractivity contribution >= 4 is 0 Å². The van der Waals surface area contributed by atoms with Gasteiger partial charge in [-0.3, -0.25) is 4.90 Å². The van der Waals surface area contributed by atoms with Crippen molar-refractivity contribution in [2.75, 3.05) is 32.8 Å². The molecule has 0 aromatic heterocycles. The Kier molecular flexibility index (Phi) is 2.83. The molecule has 0 spiro atoms. The van der Waals surface area contributed by atoms with E-state index in [1.54, 1.807) is 0 Å². The highest BCUT2D eigenvalue weighted by atomic mass is 16.5. The predicted molar refractivity (Wildman–Crippen MR) is 49.7 cm³/mol. The maximum absolute atomic E-state index is 9.00. The van der Waals surface area contributed by atoms with E-state index < -0.39 is 0 Å². The van der Waals surface area contributed by atoms with Crippen molar-refractivity contribution in [2.24, 2.45) is 0 Å². The van der Waals surface area contributed by atoms with Crippen LogP contribution < -0.4 is 5.32 Å². The maximum atomic E-state index is 9.00. The van der Waals surface area contributed by atoms with Gasteiger partial charge < -0.3 is 15.2 Å². The third kappa shape index (κ3) is 1.86. The summed E-state index contributed by atoms with van der Waals surface area (Å²) in [4.78, 5) is 2.45. The maximum Gasteiger partial charge on any atom is 0.0933 e. The zero-order chi connectivity index (χ0) is 9.26. The van der Waals surface area contributed by atoms with E-state index in [2.05, 4.69) is 17.1 Å². The minimum atomic E-state index is 0.0248. The van der Waals surface area contributed by atoms with Gasteiger partial charge in [0.05, 0.1) is 19.3 Å². The van der Waals surface area contributed by atoms with Gasteiger partial charge in [0.1, 0.15) is 0 Å². The van der Waals surface area contributed by atoms with Gasteiger partial charge in [-0.05, 0) is 6.92 Å². The zero-order valence-electron chi connectivity index (χ0n) is 8.07. The van der Waals surface area contributed by atoms with Gasteiger partial charge in [-0.25, -0.2) is 0 Å². The molecule has 2 heterocycles. The molecule has 0 aromatic rings. The fraction of sp³-hybridized carbons (Fsp3) is 1.00. The molecule has 2 unspecified atom stereocenters. The van der Waals surface area contributed by atoms with Gasteiger partial charge in [0, 0.05) is 31.7 Å². The van der Waals surface area contributed by atoms with E-state index in [1.807, 2.05) is 0 Å². The Balaban J connectivity index is 1.90. The van der Waals surface area contributed by atoms with E-state index in [0.29, 0.717) is 12.1 Å². The first-order valence-electron chi connectivity index (χ1n) is 5.00. The molecule has 2 aliphatic heterocycles. The molecular formula is C9H18N2O2. The topological polar surface area (TPSA) is 44.7 Å². The molecule has 0 bridgehead atoms.